The van der Waals surface area contributed by atoms with Crippen LogP contribution in [0.3, 0.4) is 0 Å². The minimum atomic E-state index is -0.374. The third-order valence-corrected chi connectivity index (χ3v) is 3.58. The summed E-state index contributed by atoms with van der Waals surface area (Å²) in [4.78, 5) is 31.8. The molecule has 24 heavy (non-hydrogen) atoms. The van der Waals surface area contributed by atoms with Gasteiger partial charge in [0.1, 0.15) is 0 Å². The molecule has 2 aromatic heterocycles. The molecule has 0 saturated carbocycles. The minimum absolute atomic E-state index is 0.0561. The van der Waals surface area contributed by atoms with Gasteiger partial charge in [0.05, 0.1) is 23.9 Å². The maximum absolute atomic E-state index is 12.6. The topological polar surface area (TPSA) is 129 Å². The summed E-state index contributed by atoms with van der Waals surface area (Å²) < 4.78 is 1.39. The van der Waals surface area contributed by atoms with Crippen molar-refractivity contribution in [2.45, 2.75) is 20.3 Å². The predicted molar refractivity (Wildman–Crippen MR) is 93.8 cm³/mol. The van der Waals surface area contributed by atoms with Gasteiger partial charge >= 0.3 is 0 Å². The van der Waals surface area contributed by atoms with Gasteiger partial charge in [-0.15, -0.1) is 0 Å². The zero-order chi connectivity index (χ0) is 17.9. The molecule has 0 aromatic carbocycles. The molecule has 2 heterocycles. The van der Waals surface area contributed by atoms with Crippen LogP contribution in [0.1, 0.15) is 22.5 Å². The van der Waals surface area contributed by atoms with E-state index in [0.29, 0.717) is 28.3 Å². The Morgan fingerprint density at radius 1 is 1.42 bits per heavy atom. The number of nitrogens with zero attached hydrogens (tertiary/aromatic N) is 4. The highest BCUT2D eigenvalue weighted by Crippen LogP contribution is 2.20. The molecule has 0 spiro atoms. The van der Waals surface area contributed by atoms with Gasteiger partial charge in [-0.2, -0.15) is 5.10 Å². The van der Waals surface area contributed by atoms with E-state index in [1.165, 1.54) is 10.8 Å². The van der Waals surface area contributed by atoms with Crippen molar-refractivity contribution >= 4 is 24.5 Å². The summed E-state index contributed by atoms with van der Waals surface area (Å²) in [5.74, 6) is 5.05. The fourth-order valence-corrected chi connectivity index (χ4v) is 2.32. The van der Waals surface area contributed by atoms with Gasteiger partial charge in [-0.25, -0.2) is 9.98 Å². The van der Waals surface area contributed by atoms with Crippen molar-refractivity contribution in [1.82, 2.24) is 9.55 Å². The number of carbonyl (C=O) groups is 1. The lowest BCUT2D eigenvalue weighted by Gasteiger charge is -2.14. The van der Waals surface area contributed by atoms with E-state index in [-0.39, 0.29) is 23.6 Å². The molecule has 0 unspecified atom stereocenters. The van der Waals surface area contributed by atoms with Crippen molar-refractivity contribution in [2.75, 3.05) is 5.73 Å². The molecule has 0 aliphatic rings. The van der Waals surface area contributed by atoms with Gasteiger partial charge in [0.15, 0.2) is 5.82 Å². The van der Waals surface area contributed by atoms with E-state index in [1.807, 2.05) is 0 Å². The fraction of sp³-hybridized carbons (Fsp3) is 0.188. The Morgan fingerprint density at radius 2 is 2.12 bits per heavy atom. The monoisotopic (exact) mass is 326 g/mol. The van der Waals surface area contributed by atoms with Gasteiger partial charge in [0.25, 0.3) is 5.56 Å². The second kappa shape index (κ2) is 6.86. The Kier molecular flexibility index (Phi) is 4.88. The van der Waals surface area contributed by atoms with E-state index in [9.17, 15) is 9.59 Å². The molecule has 0 radical (unpaired) electrons. The first-order chi connectivity index (χ1) is 11.4. The maximum atomic E-state index is 12.6. The van der Waals surface area contributed by atoms with Crippen molar-refractivity contribution in [3.05, 3.63) is 51.1 Å². The Balaban J connectivity index is 2.64. The van der Waals surface area contributed by atoms with Crippen LogP contribution < -0.4 is 17.1 Å². The molecular weight excluding hydrogens is 308 g/mol. The average molecular weight is 326 g/mol. The summed E-state index contributed by atoms with van der Waals surface area (Å²) in [6.45, 7) is 6.71. The lowest BCUT2D eigenvalue weighted by molar-refractivity contribution is -0.117. The molecule has 0 saturated heterocycles. The first-order valence-corrected chi connectivity index (χ1v) is 7.11. The highest BCUT2D eigenvalue weighted by Gasteiger charge is 2.15. The third-order valence-electron chi connectivity index (χ3n) is 3.58. The number of aryl methyl sites for hydroxylation is 2. The van der Waals surface area contributed by atoms with Crippen molar-refractivity contribution in [1.29, 1.82) is 0 Å². The van der Waals surface area contributed by atoms with E-state index < -0.39 is 0 Å². The van der Waals surface area contributed by atoms with Crippen molar-refractivity contribution in [3.63, 3.8) is 0 Å². The lowest BCUT2D eigenvalue weighted by atomic mass is 10.1. The molecule has 0 aliphatic heterocycles. The van der Waals surface area contributed by atoms with Gasteiger partial charge in [-0.05, 0) is 44.3 Å². The number of hydrogen-bond donors (Lipinski definition) is 2. The largest absolute Gasteiger partial charge is 0.396 e. The molecular formula is C16H18N6O2. The van der Waals surface area contributed by atoms with Crippen molar-refractivity contribution in [2.24, 2.45) is 15.9 Å². The van der Waals surface area contributed by atoms with Gasteiger partial charge in [0.2, 0.25) is 5.91 Å². The number of hydrazone groups is 1. The molecule has 4 N–H and O–H groups in total. The van der Waals surface area contributed by atoms with E-state index >= 15 is 0 Å². The van der Waals surface area contributed by atoms with Gasteiger partial charge < -0.3 is 11.6 Å². The minimum Gasteiger partial charge on any atom is -0.396 e. The number of nitrogens with two attached hydrogens (primary N) is 2. The lowest BCUT2D eigenvalue weighted by Crippen LogP contribution is -2.26. The standard InChI is InChI=1S/C16H18N6O2/c1-9-4-5-11(8-20-18)16(24)22(9)15-13(17)6-12(10(2)21-15)7-14(23)19-3/h4-6,8H,3,7,17-18H2,1-2H3/b20-8+. The Labute approximate surface area is 138 Å². The van der Waals surface area contributed by atoms with Crippen LogP contribution in [-0.2, 0) is 11.2 Å². The van der Waals surface area contributed by atoms with Crippen LogP contribution in [0, 0.1) is 13.8 Å². The van der Waals surface area contributed by atoms with Crippen LogP contribution in [-0.4, -0.2) is 28.4 Å². The molecule has 0 atom stereocenters. The van der Waals surface area contributed by atoms with Crippen LogP contribution in [0.15, 0.2) is 33.1 Å². The van der Waals surface area contributed by atoms with Gasteiger partial charge in [-0.1, -0.05) is 0 Å². The molecule has 124 valence electrons. The first-order valence-electron chi connectivity index (χ1n) is 7.11. The smallest absolute Gasteiger partial charge is 0.265 e. The summed E-state index contributed by atoms with van der Waals surface area (Å²) in [6, 6.07) is 4.99. The Morgan fingerprint density at radius 3 is 2.75 bits per heavy atom. The second-order valence-corrected chi connectivity index (χ2v) is 5.22. The van der Waals surface area contributed by atoms with E-state index in [2.05, 4.69) is 21.8 Å². The van der Waals surface area contributed by atoms with Crippen LogP contribution in [0.25, 0.3) is 5.82 Å². The van der Waals surface area contributed by atoms with E-state index in [4.69, 9.17) is 11.6 Å². The maximum Gasteiger partial charge on any atom is 0.265 e. The molecule has 8 nitrogen and oxygen atoms in total. The van der Waals surface area contributed by atoms with Crippen LogP contribution in [0.4, 0.5) is 5.69 Å². The number of aromatic nitrogens is 2. The van der Waals surface area contributed by atoms with Crippen LogP contribution >= 0.6 is 0 Å². The molecule has 2 aromatic rings. The molecule has 0 fully saturated rings. The zero-order valence-corrected chi connectivity index (χ0v) is 13.5. The molecule has 0 bridgehead atoms. The first kappa shape index (κ1) is 17.1. The van der Waals surface area contributed by atoms with Gasteiger partial charge in [0, 0.05) is 11.4 Å². The molecule has 8 heteroatoms. The van der Waals surface area contributed by atoms with E-state index in [0.717, 1.165) is 0 Å². The van der Waals surface area contributed by atoms with Crippen LogP contribution in [0.2, 0.25) is 0 Å². The number of aliphatic imine (C=N–C) groups is 1. The number of pyridine rings is 2. The summed E-state index contributed by atoms with van der Waals surface area (Å²) in [5, 5.41) is 3.38. The second-order valence-electron chi connectivity index (χ2n) is 5.22. The predicted octanol–water partition coefficient (Wildman–Crippen LogP) is 0.494. The summed E-state index contributed by atoms with van der Waals surface area (Å²) in [7, 11) is 0. The summed E-state index contributed by atoms with van der Waals surface area (Å²) >= 11 is 0. The number of carbonyl (C=O) groups excluding carboxylic acids is 1. The number of anilines is 1. The third kappa shape index (κ3) is 3.22. The fourth-order valence-electron chi connectivity index (χ4n) is 2.32. The van der Waals surface area contributed by atoms with Crippen molar-refractivity contribution in [3.8, 4) is 5.82 Å². The Hall–Kier alpha value is -3.29. The van der Waals surface area contributed by atoms with Crippen molar-refractivity contribution < 1.29 is 4.79 Å². The highest BCUT2D eigenvalue weighted by atomic mass is 16.1. The average Bonchev–Trinajstić information content (AvgIpc) is 2.54. The number of nitrogen functional groups attached to an aromatic ring is 1. The number of hydrogen-bond acceptors (Lipinski definition) is 6. The Bertz CT molecular complexity index is 898. The zero-order valence-electron chi connectivity index (χ0n) is 13.5. The van der Waals surface area contributed by atoms with Gasteiger partial charge in [-0.3, -0.25) is 14.2 Å². The SMILES string of the molecule is C=NC(=O)Cc1cc(N)c(-n2c(C)ccc(/C=N/N)c2=O)nc1C. The molecule has 0 aliphatic carbocycles. The highest BCUT2D eigenvalue weighted by molar-refractivity contribution is 5.83. The van der Waals surface area contributed by atoms with Crippen LogP contribution in [0.5, 0.6) is 0 Å². The quantitative estimate of drug-likeness (QED) is 0.480. The molecule has 2 rings (SSSR count). The van der Waals surface area contributed by atoms with E-state index in [1.54, 1.807) is 32.0 Å². The number of rotatable bonds is 4. The summed E-state index contributed by atoms with van der Waals surface area (Å²) in [6.07, 6.45) is 1.32. The number of amides is 1. The summed E-state index contributed by atoms with van der Waals surface area (Å²) in [5.41, 5.74) is 8.20. The molecule has 1 amide bonds. The normalized spacial score (nSPS) is 10.9.